The molecule has 1 heterocycles. The van der Waals surface area contributed by atoms with Crippen molar-refractivity contribution in [3.8, 4) is 0 Å². The Labute approximate surface area is 108 Å². The van der Waals surface area contributed by atoms with Gasteiger partial charge in [-0.1, -0.05) is 11.6 Å². The standard InChI is InChI=1S/C9H10ClNO4S2/c1-17(14,15)5-4-16-8-7(10)6(9(12)13)2-3-11-8/h2-3H,4-5H2,1H3,(H,12,13). The monoisotopic (exact) mass is 295 g/mol. The van der Waals surface area contributed by atoms with E-state index in [2.05, 4.69) is 4.98 Å². The van der Waals surface area contributed by atoms with Crippen LogP contribution in [0, 0.1) is 0 Å². The number of aromatic nitrogens is 1. The lowest BCUT2D eigenvalue weighted by molar-refractivity contribution is 0.0696. The van der Waals surface area contributed by atoms with Gasteiger partial charge in [-0.2, -0.15) is 0 Å². The Kier molecular flexibility index (Phi) is 4.79. The van der Waals surface area contributed by atoms with Crippen molar-refractivity contribution in [3.63, 3.8) is 0 Å². The summed E-state index contributed by atoms with van der Waals surface area (Å²) in [5, 5.41) is 9.20. The molecule has 1 aromatic heterocycles. The molecule has 1 rings (SSSR count). The van der Waals surface area contributed by atoms with Gasteiger partial charge >= 0.3 is 5.97 Å². The van der Waals surface area contributed by atoms with Gasteiger partial charge in [0.25, 0.3) is 0 Å². The molecule has 0 saturated heterocycles. The number of carboxylic acids is 1. The molecule has 0 radical (unpaired) electrons. The summed E-state index contributed by atoms with van der Waals surface area (Å²) in [5.41, 5.74) is -0.0384. The Morgan fingerprint density at radius 1 is 1.59 bits per heavy atom. The molecule has 0 saturated carbocycles. The minimum Gasteiger partial charge on any atom is -0.478 e. The lowest BCUT2D eigenvalue weighted by Crippen LogP contribution is -2.05. The third-order valence-corrected chi connectivity index (χ3v) is 4.47. The quantitative estimate of drug-likeness (QED) is 0.830. The van der Waals surface area contributed by atoms with Gasteiger partial charge in [0.05, 0.1) is 16.3 Å². The van der Waals surface area contributed by atoms with Crippen LogP contribution in [0.15, 0.2) is 17.3 Å². The topological polar surface area (TPSA) is 84.3 Å². The molecule has 8 heteroatoms. The summed E-state index contributed by atoms with van der Waals surface area (Å²) in [5.74, 6) is -0.857. The third kappa shape index (κ3) is 4.53. The van der Waals surface area contributed by atoms with E-state index >= 15 is 0 Å². The van der Waals surface area contributed by atoms with E-state index in [1.54, 1.807) is 0 Å². The Hall–Kier alpha value is -0.790. The lowest BCUT2D eigenvalue weighted by atomic mass is 10.3. The van der Waals surface area contributed by atoms with E-state index < -0.39 is 15.8 Å². The highest BCUT2D eigenvalue weighted by Gasteiger charge is 2.14. The molecule has 0 atom stereocenters. The van der Waals surface area contributed by atoms with Crippen molar-refractivity contribution in [2.45, 2.75) is 5.03 Å². The molecule has 0 amide bonds. The van der Waals surface area contributed by atoms with Crippen LogP contribution in [0.2, 0.25) is 5.02 Å². The van der Waals surface area contributed by atoms with Crippen LogP contribution < -0.4 is 0 Å². The smallest absolute Gasteiger partial charge is 0.337 e. The first-order valence-corrected chi connectivity index (χ1v) is 7.92. The zero-order chi connectivity index (χ0) is 13.1. The molecular weight excluding hydrogens is 286 g/mol. The molecular formula is C9H10ClNO4S2. The second-order valence-electron chi connectivity index (χ2n) is 3.26. The maximum atomic E-state index is 10.9. The van der Waals surface area contributed by atoms with Gasteiger partial charge in [-0.15, -0.1) is 11.8 Å². The first-order chi connectivity index (χ1) is 7.81. The van der Waals surface area contributed by atoms with E-state index in [0.29, 0.717) is 5.03 Å². The van der Waals surface area contributed by atoms with Gasteiger partial charge in [-0.05, 0) is 6.07 Å². The minimum atomic E-state index is -3.04. The summed E-state index contributed by atoms with van der Waals surface area (Å²) < 4.78 is 21.8. The predicted octanol–water partition coefficient (Wildman–Crippen LogP) is 1.57. The predicted molar refractivity (Wildman–Crippen MR) is 66.6 cm³/mol. The Bertz CT molecular complexity index is 530. The van der Waals surface area contributed by atoms with Crippen molar-refractivity contribution in [3.05, 3.63) is 22.8 Å². The Morgan fingerprint density at radius 3 is 2.76 bits per heavy atom. The number of rotatable bonds is 5. The SMILES string of the molecule is CS(=O)(=O)CCSc1nccc(C(=O)O)c1Cl. The van der Waals surface area contributed by atoms with Gasteiger partial charge in [0.1, 0.15) is 14.9 Å². The summed E-state index contributed by atoms with van der Waals surface area (Å²) in [6.45, 7) is 0. The number of carbonyl (C=O) groups is 1. The zero-order valence-electron chi connectivity index (χ0n) is 8.88. The Balaban J connectivity index is 2.79. The second kappa shape index (κ2) is 5.70. The van der Waals surface area contributed by atoms with Crippen LogP contribution in [0.4, 0.5) is 0 Å². The molecule has 5 nitrogen and oxygen atoms in total. The summed E-state index contributed by atoms with van der Waals surface area (Å²) in [6, 6.07) is 1.30. The summed E-state index contributed by atoms with van der Waals surface area (Å²) in [7, 11) is -3.04. The van der Waals surface area contributed by atoms with E-state index in [0.717, 1.165) is 18.0 Å². The average molecular weight is 296 g/mol. The maximum absolute atomic E-state index is 10.9. The molecule has 0 bridgehead atoms. The number of pyridine rings is 1. The van der Waals surface area contributed by atoms with Crippen LogP contribution in [-0.4, -0.2) is 42.2 Å². The van der Waals surface area contributed by atoms with Crippen LogP contribution in [0.3, 0.4) is 0 Å². The number of sulfone groups is 1. The molecule has 94 valence electrons. The molecule has 17 heavy (non-hydrogen) atoms. The van der Waals surface area contributed by atoms with Crippen molar-refractivity contribution in [2.24, 2.45) is 0 Å². The van der Waals surface area contributed by atoms with Crippen molar-refractivity contribution in [1.82, 2.24) is 4.98 Å². The van der Waals surface area contributed by atoms with Crippen molar-refractivity contribution in [1.29, 1.82) is 0 Å². The van der Waals surface area contributed by atoms with Crippen LogP contribution in [-0.2, 0) is 9.84 Å². The molecule has 1 aromatic rings. The fourth-order valence-corrected chi connectivity index (χ4v) is 3.45. The normalized spacial score (nSPS) is 11.4. The van der Waals surface area contributed by atoms with Crippen LogP contribution >= 0.6 is 23.4 Å². The summed E-state index contributed by atoms with van der Waals surface area (Å²) >= 11 is 6.96. The van der Waals surface area contributed by atoms with Crippen LogP contribution in [0.25, 0.3) is 0 Å². The zero-order valence-corrected chi connectivity index (χ0v) is 11.3. The second-order valence-corrected chi connectivity index (χ2v) is 6.98. The van der Waals surface area contributed by atoms with Crippen molar-refractivity contribution in [2.75, 3.05) is 17.8 Å². The molecule has 0 aliphatic rings. The number of halogens is 1. The molecule has 0 unspecified atom stereocenters. The first-order valence-electron chi connectivity index (χ1n) is 4.49. The largest absolute Gasteiger partial charge is 0.478 e. The molecule has 1 N–H and O–H groups in total. The van der Waals surface area contributed by atoms with Crippen LogP contribution in [0.5, 0.6) is 0 Å². The molecule has 0 aliphatic heterocycles. The minimum absolute atomic E-state index is 0.00697. The number of thioether (sulfide) groups is 1. The maximum Gasteiger partial charge on any atom is 0.337 e. The van der Waals surface area contributed by atoms with Gasteiger partial charge in [-0.25, -0.2) is 18.2 Å². The summed E-state index contributed by atoms with van der Waals surface area (Å²) in [6.07, 6.45) is 2.47. The highest BCUT2D eigenvalue weighted by Crippen LogP contribution is 2.27. The number of aromatic carboxylic acids is 1. The van der Waals surface area contributed by atoms with Gasteiger partial charge in [0.2, 0.25) is 0 Å². The number of hydrogen-bond acceptors (Lipinski definition) is 5. The highest BCUT2D eigenvalue weighted by atomic mass is 35.5. The molecule has 0 fully saturated rings. The van der Waals surface area contributed by atoms with E-state index in [1.807, 2.05) is 0 Å². The highest BCUT2D eigenvalue weighted by molar-refractivity contribution is 8.00. The van der Waals surface area contributed by atoms with E-state index in [-0.39, 0.29) is 22.1 Å². The van der Waals surface area contributed by atoms with Crippen molar-refractivity contribution < 1.29 is 18.3 Å². The fourth-order valence-electron chi connectivity index (χ4n) is 0.980. The van der Waals surface area contributed by atoms with Gasteiger partial charge in [0.15, 0.2) is 0 Å². The van der Waals surface area contributed by atoms with E-state index in [4.69, 9.17) is 16.7 Å². The van der Waals surface area contributed by atoms with E-state index in [9.17, 15) is 13.2 Å². The lowest BCUT2D eigenvalue weighted by Gasteiger charge is -2.04. The number of hydrogen-bond donors (Lipinski definition) is 1. The molecule has 0 aromatic carbocycles. The average Bonchev–Trinajstić information content (AvgIpc) is 2.18. The molecule has 0 aliphatic carbocycles. The fraction of sp³-hybridized carbons (Fsp3) is 0.333. The first kappa shape index (κ1) is 14.3. The molecule has 0 spiro atoms. The van der Waals surface area contributed by atoms with Crippen molar-refractivity contribution >= 4 is 39.2 Å². The Morgan fingerprint density at radius 2 is 2.24 bits per heavy atom. The number of nitrogens with zero attached hydrogens (tertiary/aromatic N) is 1. The number of carboxylic acid groups (broad SMARTS) is 1. The van der Waals surface area contributed by atoms with E-state index in [1.165, 1.54) is 12.3 Å². The van der Waals surface area contributed by atoms with Gasteiger partial charge < -0.3 is 5.11 Å². The summed E-state index contributed by atoms with van der Waals surface area (Å²) in [4.78, 5) is 14.7. The third-order valence-electron chi connectivity index (χ3n) is 1.78. The van der Waals surface area contributed by atoms with Crippen LogP contribution in [0.1, 0.15) is 10.4 Å². The van der Waals surface area contributed by atoms with Gasteiger partial charge in [0, 0.05) is 18.2 Å². The van der Waals surface area contributed by atoms with Gasteiger partial charge in [-0.3, -0.25) is 0 Å².